The lowest BCUT2D eigenvalue weighted by molar-refractivity contribution is 0.415. The monoisotopic (exact) mass is 263 g/mol. The van der Waals surface area contributed by atoms with Crippen molar-refractivity contribution in [1.82, 2.24) is 9.78 Å². The molecule has 4 heteroatoms. The van der Waals surface area contributed by atoms with E-state index in [2.05, 4.69) is 11.2 Å². The second kappa shape index (κ2) is 4.71. The first-order chi connectivity index (χ1) is 9.72. The van der Waals surface area contributed by atoms with Crippen LogP contribution in [0.4, 0.5) is 0 Å². The van der Waals surface area contributed by atoms with E-state index < -0.39 is 0 Å². The maximum absolute atomic E-state index is 9.26. The molecule has 20 heavy (non-hydrogen) atoms. The van der Waals surface area contributed by atoms with E-state index in [1.165, 1.54) is 0 Å². The molecule has 2 aromatic carbocycles. The topological polar surface area (TPSA) is 50.8 Å². The fraction of sp³-hybridized carbons (Fsp3) is 0.125. The molecule has 0 saturated carbocycles. The Morgan fingerprint density at radius 1 is 1.20 bits per heavy atom. The highest BCUT2D eigenvalue weighted by Gasteiger charge is 2.09. The summed E-state index contributed by atoms with van der Waals surface area (Å²) in [5.41, 5.74) is 3.52. The summed E-state index contributed by atoms with van der Waals surface area (Å²) < 4.78 is 7.07. The van der Waals surface area contributed by atoms with E-state index in [0.717, 1.165) is 27.8 Å². The summed E-state index contributed by atoms with van der Waals surface area (Å²) in [7, 11) is 3.53. The third-order valence-electron chi connectivity index (χ3n) is 3.41. The number of aryl methyl sites for hydroxylation is 1. The van der Waals surface area contributed by atoms with Gasteiger partial charge in [-0.25, -0.2) is 0 Å². The zero-order chi connectivity index (χ0) is 14.1. The molecule has 0 amide bonds. The van der Waals surface area contributed by atoms with Gasteiger partial charge in [0.1, 0.15) is 5.75 Å². The predicted molar refractivity (Wildman–Crippen MR) is 77.4 cm³/mol. The minimum absolute atomic E-state index is 0.632. The number of ether oxygens (including phenoxy) is 1. The van der Waals surface area contributed by atoms with Crippen molar-refractivity contribution in [2.45, 2.75) is 0 Å². The maximum atomic E-state index is 9.26. The Kier molecular flexibility index (Phi) is 2.88. The molecule has 0 aliphatic heterocycles. The number of benzene rings is 2. The van der Waals surface area contributed by atoms with Gasteiger partial charge in [0.15, 0.2) is 0 Å². The Hall–Kier alpha value is -2.80. The standard InChI is InChI=1S/C16H13N3O/c1-19-16-7-11(3-4-13(16)10-18-19)15-8-14(20-2)6-5-12(15)9-17/h3-8,10H,1-2H3. The average Bonchev–Trinajstić information content (AvgIpc) is 2.87. The second-order valence-electron chi connectivity index (χ2n) is 4.57. The first kappa shape index (κ1) is 12.2. The van der Waals surface area contributed by atoms with Gasteiger partial charge in [-0.2, -0.15) is 10.4 Å². The van der Waals surface area contributed by atoms with E-state index in [1.54, 1.807) is 19.2 Å². The summed E-state index contributed by atoms with van der Waals surface area (Å²) >= 11 is 0. The lowest BCUT2D eigenvalue weighted by Crippen LogP contribution is -1.91. The Labute approximate surface area is 116 Å². The highest BCUT2D eigenvalue weighted by atomic mass is 16.5. The van der Waals surface area contributed by atoms with Crippen LogP contribution in [-0.2, 0) is 7.05 Å². The summed E-state index contributed by atoms with van der Waals surface area (Å²) in [6, 6.07) is 13.7. The molecule has 0 radical (unpaired) electrons. The first-order valence-electron chi connectivity index (χ1n) is 6.23. The summed E-state index contributed by atoms with van der Waals surface area (Å²) in [6.45, 7) is 0. The van der Waals surface area contributed by atoms with Crippen molar-refractivity contribution >= 4 is 10.9 Å². The molecule has 0 N–H and O–H groups in total. The van der Waals surface area contributed by atoms with E-state index in [1.807, 2.05) is 42.2 Å². The fourth-order valence-electron chi connectivity index (χ4n) is 2.30. The number of nitrogens with zero attached hydrogens (tertiary/aromatic N) is 3. The van der Waals surface area contributed by atoms with Gasteiger partial charge in [0.25, 0.3) is 0 Å². The Bertz CT molecular complexity index is 827. The zero-order valence-electron chi connectivity index (χ0n) is 11.3. The smallest absolute Gasteiger partial charge is 0.119 e. The Morgan fingerprint density at radius 3 is 2.80 bits per heavy atom. The number of hydrogen-bond acceptors (Lipinski definition) is 3. The molecule has 1 heterocycles. The van der Waals surface area contributed by atoms with Crippen molar-refractivity contribution in [2.75, 3.05) is 7.11 Å². The summed E-state index contributed by atoms with van der Waals surface area (Å²) in [5, 5.41) is 14.6. The van der Waals surface area contributed by atoms with Gasteiger partial charge in [0.05, 0.1) is 30.5 Å². The van der Waals surface area contributed by atoms with Gasteiger partial charge in [0.2, 0.25) is 0 Å². The van der Waals surface area contributed by atoms with Gasteiger partial charge in [0, 0.05) is 18.0 Å². The van der Waals surface area contributed by atoms with Gasteiger partial charge in [-0.1, -0.05) is 12.1 Å². The number of aromatic nitrogens is 2. The molecule has 0 bridgehead atoms. The van der Waals surface area contributed by atoms with E-state index in [0.29, 0.717) is 5.56 Å². The molecule has 0 aliphatic carbocycles. The summed E-state index contributed by atoms with van der Waals surface area (Å²) in [5.74, 6) is 0.740. The third kappa shape index (κ3) is 1.90. The minimum atomic E-state index is 0.632. The number of rotatable bonds is 2. The zero-order valence-corrected chi connectivity index (χ0v) is 11.3. The van der Waals surface area contributed by atoms with Crippen LogP contribution in [0.15, 0.2) is 42.6 Å². The van der Waals surface area contributed by atoms with Gasteiger partial charge in [-0.15, -0.1) is 0 Å². The molecule has 1 aromatic heterocycles. The molecule has 4 nitrogen and oxygen atoms in total. The molecule has 0 fully saturated rings. The SMILES string of the molecule is COc1ccc(C#N)c(-c2ccc3cnn(C)c3c2)c1. The van der Waals surface area contributed by atoms with E-state index in [-0.39, 0.29) is 0 Å². The Balaban J connectivity index is 2.24. The van der Waals surface area contributed by atoms with Gasteiger partial charge >= 0.3 is 0 Å². The molecular weight excluding hydrogens is 250 g/mol. The largest absolute Gasteiger partial charge is 0.497 e. The second-order valence-corrected chi connectivity index (χ2v) is 4.57. The van der Waals surface area contributed by atoms with E-state index >= 15 is 0 Å². The van der Waals surface area contributed by atoms with Crippen LogP contribution in [0.5, 0.6) is 5.75 Å². The molecule has 0 unspecified atom stereocenters. The van der Waals surface area contributed by atoms with Crippen molar-refractivity contribution in [3.63, 3.8) is 0 Å². The summed E-state index contributed by atoms with van der Waals surface area (Å²) in [6.07, 6.45) is 1.83. The number of nitriles is 1. The summed E-state index contributed by atoms with van der Waals surface area (Å²) in [4.78, 5) is 0. The van der Waals surface area contributed by atoms with Crippen LogP contribution in [0.1, 0.15) is 5.56 Å². The van der Waals surface area contributed by atoms with Crippen molar-refractivity contribution in [2.24, 2.45) is 7.05 Å². The maximum Gasteiger partial charge on any atom is 0.119 e. The van der Waals surface area contributed by atoms with Crippen LogP contribution >= 0.6 is 0 Å². The van der Waals surface area contributed by atoms with Crippen LogP contribution in [0.3, 0.4) is 0 Å². The lowest BCUT2D eigenvalue weighted by atomic mass is 9.99. The molecular formula is C16H13N3O. The minimum Gasteiger partial charge on any atom is -0.497 e. The first-order valence-corrected chi connectivity index (χ1v) is 6.23. The van der Waals surface area contributed by atoms with E-state index in [4.69, 9.17) is 4.74 Å². The number of hydrogen-bond donors (Lipinski definition) is 0. The van der Waals surface area contributed by atoms with Gasteiger partial charge < -0.3 is 4.74 Å². The highest BCUT2D eigenvalue weighted by Crippen LogP contribution is 2.29. The van der Waals surface area contributed by atoms with Crippen LogP contribution in [-0.4, -0.2) is 16.9 Å². The third-order valence-corrected chi connectivity index (χ3v) is 3.41. The molecule has 98 valence electrons. The Morgan fingerprint density at radius 2 is 2.05 bits per heavy atom. The average molecular weight is 263 g/mol. The normalized spacial score (nSPS) is 10.4. The highest BCUT2D eigenvalue weighted by molar-refractivity contribution is 5.85. The van der Waals surface area contributed by atoms with Gasteiger partial charge in [-0.05, 0) is 29.8 Å². The number of methoxy groups -OCH3 is 1. The van der Waals surface area contributed by atoms with E-state index in [9.17, 15) is 5.26 Å². The van der Waals surface area contributed by atoms with Crippen molar-refractivity contribution < 1.29 is 4.74 Å². The molecule has 3 rings (SSSR count). The number of fused-ring (bicyclic) bond motifs is 1. The van der Waals surface area contributed by atoms with Crippen LogP contribution in [0, 0.1) is 11.3 Å². The van der Waals surface area contributed by atoms with Crippen molar-refractivity contribution in [1.29, 1.82) is 5.26 Å². The predicted octanol–water partition coefficient (Wildman–Crippen LogP) is 3.12. The quantitative estimate of drug-likeness (QED) is 0.713. The molecule has 0 aliphatic rings. The fourth-order valence-corrected chi connectivity index (χ4v) is 2.30. The van der Waals surface area contributed by atoms with Crippen LogP contribution < -0.4 is 4.74 Å². The molecule has 3 aromatic rings. The van der Waals surface area contributed by atoms with Gasteiger partial charge in [-0.3, -0.25) is 4.68 Å². The molecule has 0 atom stereocenters. The van der Waals surface area contributed by atoms with Crippen LogP contribution in [0.2, 0.25) is 0 Å². The van der Waals surface area contributed by atoms with Crippen molar-refractivity contribution in [3.8, 4) is 22.9 Å². The van der Waals surface area contributed by atoms with Crippen LogP contribution in [0.25, 0.3) is 22.0 Å². The lowest BCUT2D eigenvalue weighted by Gasteiger charge is -2.08. The molecule has 0 spiro atoms. The van der Waals surface area contributed by atoms with Crippen molar-refractivity contribution in [3.05, 3.63) is 48.2 Å². The molecule has 0 saturated heterocycles.